The van der Waals surface area contributed by atoms with Gasteiger partial charge in [-0.15, -0.1) is 0 Å². The van der Waals surface area contributed by atoms with Crippen LogP contribution in [0.4, 0.5) is 11.5 Å². The van der Waals surface area contributed by atoms with Crippen LogP contribution in [-0.2, 0) is 17.8 Å². The van der Waals surface area contributed by atoms with Crippen molar-refractivity contribution in [2.45, 2.75) is 20.0 Å². The third kappa shape index (κ3) is 3.28. The second-order valence-electron chi connectivity index (χ2n) is 5.53. The maximum absolute atomic E-state index is 9.73. The molecule has 0 radical (unpaired) electrons. The predicted molar refractivity (Wildman–Crippen MR) is 90.2 cm³/mol. The van der Waals surface area contributed by atoms with E-state index in [1.54, 1.807) is 0 Å². The van der Waals surface area contributed by atoms with Gasteiger partial charge in [0.15, 0.2) is 5.82 Å². The van der Waals surface area contributed by atoms with E-state index in [-0.39, 0.29) is 6.61 Å². The normalized spacial score (nSPS) is 15.0. The van der Waals surface area contributed by atoms with Crippen LogP contribution in [0.15, 0.2) is 24.3 Å². The summed E-state index contributed by atoms with van der Waals surface area (Å²) in [4.78, 5) is 11.6. The number of aliphatic hydroxyl groups is 1. The number of nitrogens with two attached hydrogens (primary N) is 1. The maximum atomic E-state index is 9.73. The second-order valence-corrected chi connectivity index (χ2v) is 5.53. The van der Waals surface area contributed by atoms with Crippen LogP contribution in [0.1, 0.15) is 18.2 Å². The molecule has 1 fully saturated rings. The lowest BCUT2D eigenvalue weighted by molar-refractivity contribution is 0.122. The number of hydrogen-bond acceptors (Lipinski definition) is 6. The molecule has 2 heterocycles. The SMILES string of the molecule is CCc1c(CO)nc(-c2ccc(N)cc2)nc1N1CCOCC1. The molecule has 2 aromatic rings. The van der Waals surface area contributed by atoms with Gasteiger partial charge in [0.1, 0.15) is 5.82 Å². The molecule has 1 aliphatic heterocycles. The van der Waals surface area contributed by atoms with Crippen LogP contribution in [-0.4, -0.2) is 41.4 Å². The van der Waals surface area contributed by atoms with Crippen LogP contribution in [0.25, 0.3) is 11.4 Å². The minimum Gasteiger partial charge on any atom is -0.399 e. The lowest BCUT2D eigenvalue weighted by Gasteiger charge is -2.30. The van der Waals surface area contributed by atoms with Gasteiger partial charge in [0, 0.05) is 29.9 Å². The molecular formula is C17H22N4O2. The fourth-order valence-electron chi connectivity index (χ4n) is 2.81. The number of ether oxygens (including phenoxy) is 1. The number of hydrogen-bond donors (Lipinski definition) is 2. The summed E-state index contributed by atoms with van der Waals surface area (Å²) in [6.07, 6.45) is 0.782. The fourth-order valence-corrected chi connectivity index (χ4v) is 2.81. The van der Waals surface area contributed by atoms with Crippen molar-refractivity contribution in [3.8, 4) is 11.4 Å². The Labute approximate surface area is 135 Å². The molecule has 0 saturated carbocycles. The molecule has 1 aliphatic rings. The van der Waals surface area contributed by atoms with Gasteiger partial charge < -0.3 is 20.5 Å². The van der Waals surface area contributed by atoms with E-state index in [1.165, 1.54) is 0 Å². The Morgan fingerprint density at radius 3 is 2.48 bits per heavy atom. The molecule has 122 valence electrons. The Bertz CT molecular complexity index is 667. The van der Waals surface area contributed by atoms with E-state index in [0.717, 1.165) is 36.5 Å². The van der Waals surface area contributed by atoms with Crippen molar-refractivity contribution in [1.82, 2.24) is 9.97 Å². The van der Waals surface area contributed by atoms with Crippen molar-refractivity contribution in [2.75, 3.05) is 36.9 Å². The Balaban J connectivity index is 2.08. The zero-order valence-electron chi connectivity index (χ0n) is 13.3. The van der Waals surface area contributed by atoms with Crippen molar-refractivity contribution < 1.29 is 9.84 Å². The largest absolute Gasteiger partial charge is 0.399 e. The minimum absolute atomic E-state index is 0.0923. The van der Waals surface area contributed by atoms with Gasteiger partial charge in [-0.1, -0.05) is 6.92 Å². The summed E-state index contributed by atoms with van der Waals surface area (Å²) in [5.41, 5.74) is 9.05. The third-order valence-electron chi connectivity index (χ3n) is 4.05. The topological polar surface area (TPSA) is 84.5 Å². The van der Waals surface area contributed by atoms with Crippen LogP contribution < -0.4 is 10.6 Å². The number of anilines is 2. The van der Waals surface area contributed by atoms with E-state index in [2.05, 4.69) is 16.8 Å². The zero-order valence-corrected chi connectivity index (χ0v) is 13.3. The molecule has 6 heteroatoms. The molecule has 1 aromatic heterocycles. The number of benzene rings is 1. The molecule has 0 amide bonds. The minimum atomic E-state index is -0.0923. The first kappa shape index (κ1) is 15.7. The molecule has 1 aromatic carbocycles. The predicted octanol–water partition coefficient (Wildman–Crippen LogP) is 1.62. The molecule has 0 bridgehead atoms. The van der Waals surface area contributed by atoms with E-state index in [0.29, 0.717) is 30.4 Å². The second kappa shape index (κ2) is 6.93. The zero-order chi connectivity index (χ0) is 16.2. The molecule has 0 spiro atoms. The van der Waals surface area contributed by atoms with Gasteiger partial charge in [-0.3, -0.25) is 0 Å². The van der Waals surface area contributed by atoms with Crippen LogP contribution in [0.2, 0.25) is 0 Å². The van der Waals surface area contributed by atoms with Gasteiger partial charge in [-0.2, -0.15) is 0 Å². The highest BCUT2D eigenvalue weighted by Gasteiger charge is 2.20. The van der Waals surface area contributed by atoms with E-state index < -0.39 is 0 Å². The summed E-state index contributed by atoms with van der Waals surface area (Å²) in [6, 6.07) is 7.47. The first-order valence-electron chi connectivity index (χ1n) is 7.92. The molecule has 0 unspecified atom stereocenters. The van der Waals surface area contributed by atoms with Crippen molar-refractivity contribution in [3.63, 3.8) is 0 Å². The van der Waals surface area contributed by atoms with Crippen LogP contribution in [0, 0.1) is 0 Å². The van der Waals surface area contributed by atoms with Crippen LogP contribution >= 0.6 is 0 Å². The van der Waals surface area contributed by atoms with Crippen molar-refractivity contribution in [3.05, 3.63) is 35.5 Å². The van der Waals surface area contributed by atoms with Crippen molar-refractivity contribution in [1.29, 1.82) is 0 Å². The highest BCUT2D eigenvalue weighted by Crippen LogP contribution is 2.27. The molecule has 0 aliphatic carbocycles. The number of aliphatic hydroxyl groups excluding tert-OH is 1. The number of rotatable bonds is 4. The van der Waals surface area contributed by atoms with Gasteiger partial charge in [-0.25, -0.2) is 9.97 Å². The maximum Gasteiger partial charge on any atom is 0.161 e. The van der Waals surface area contributed by atoms with E-state index >= 15 is 0 Å². The molecule has 6 nitrogen and oxygen atoms in total. The van der Waals surface area contributed by atoms with E-state index in [9.17, 15) is 5.11 Å². The number of nitrogen functional groups attached to an aromatic ring is 1. The average Bonchev–Trinajstić information content (AvgIpc) is 2.62. The molecule has 0 atom stereocenters. The molecular weight excluding hydrogens is 292 g/mol. The highest BCUT2D eigenvalue weighted by atomic mass is 16.5. The van der Waals surface area contributed by atoms with Gasteiger partial charge in [0.2, 0.25) is 0 Å². The van der Waals surface area contributed by atoms with Gasteiger partial charge in [0.05, 0.1) is 25.5 Å². The monoisotopic (exact) mass is 314 g/mol. The van der Waals surface area contributed by atoms with Gasteiger partial charge >= 0.3 is 0 Å². The fraction of sp³-hybridized carbons (Fsp3) is 0.412. The number of nitrogens with zero attached hydrogens (tertiary/aromatic N) is 3. The first-order chi connectivity index (χ1) is 11.2. The third-order valence-corrected chi connectivity index (χ3v) is 4.05. The summed E-state index contributed by atoms with van der Waals surface area (Å²) in [7, 11) is 0. The Morgan fingerprint density at radius 1 is 1.17 bits per heavy atom. The Hall–Kier alpha value is -2.18. The molecule has 23 heavy (non-hydrogen) atoms. The first-order valence-corrected chi connectivity index (χ1v) is 7.92. The summed E-state index contributed by atoms with van der Waals surface area (Å²) >= 11 is 0. The summed E-state index contributed by atoms with van der Waals surface area (Å²) < 4.78 is 5.43. The molecule has 3 N–H and O–H groups in total. The van der Waals surface area contributed by atoms with Crippen LogP contribution in [0.5, 0.6) is 0 Å². The highest BCUT2D eigenvalue weighted by molar-refractivity contribution is 5.62. The summed E-state index contributed by atoms with van der Waals surface area (Å²) in [6.45, 7) is 4.96. The lowest BCUT2D eigenvalue weighted by Crippen LogP contribution is -2.37. The lowest BCUT2D eigenvalue weighted by atomic mass is 10.1. The molecule has 3 rings (SSSR count). The van der Waals surface area contributed by atoms with Gasteiger partial charge in [-0.05, 0) is 30.7 Å². The smallest absolute Gasteiger partial charge is 0.161 e. The standard InChI is InChI=1S/C17H22N4O2/c1-2-14-15(11-22)19-16(12-3-5-13(18)6-4-12)20-17(14)21-7-9-23-10-8-21/h3-6,22H,2,7-11,18H2,1H3. The summed E-state index contributed by atoms with van der Waals surface area (Å²) in [5.74, 6) is 1.52. The Kier molecular flexibility index (Phi) is 4.73. The number of morpholine rings is 1. The van der Waals surface area contributed by atoms with E-state index in [4.69, 9.17) is 15.5 Å². The molecule has 1 saturated heterocycles. The summed E-state index contributed by atoms with van der Waals surface area (Å²) in [5, 5.41) is 9.73. The van der Waals surface area contributed by atoms with Crippen molar-refractivity contribution in [2.24, 2.45) is 0 Å². The average molecular weight is 314 g/mol. The van der Waals surface area contributed by atoms with Gasteiger partial charge in [0.25, 0.3) is 0 Å². The van der Waals surface area contributed by atoms with E-state index in [1.807, 2.05) is 24.3 Å². The quantitative estimate of drug-likeness (QED) is 0.834. The Morgan fingerprint density at radius 2 is 1.87 bits per heavy atom. The number of aromatic nitrogens is 2. The van der Waals surface area contributed by atoms with Crippen LogP contribution in [0.3, 0.4) is 0 Å². The van der Waals surface area contributed by atoms with Crippen molar-refractivity contribution >= 4 is 11.5 Å².